The van der Waals surface area contributed by atoms with Crippen molar-refractivity contribution in [3.05, 3.63) is 12.2 Å². The summed E-state index contributed by atoms with van der Waals surface area (Å²) in [5.41, 5.74) is 0.403. The molecule has 0 rings (SSSR count). The van der Waals surface area contributed by atoms with Crippen LogP contribution in [-0.4, -0.2) is 85.1 Å². The molecule has 33 heavy (non-hydrogen) atoms. The molecule has 11 heteroatoms. The van der Waals surface area contributed by atoms with Crippen LogP contribution in [0.4, 0.5) is 0 Å². The van der Waals surface area contributed by atoms with Crippen molar-refractivity contribution in [1.82, 2.24) is 4.90 Å². The molecule has 0 aliphatic heterocycles. The molecule has 0 aromatic rings. The Morgan fingerprint density at radius 2 is 1.24 bits per heavy atom. The number of carbonyl (C=O) groups is 1. The summed E-state index contributed by atoms with van der Waals surface area (Å²) in [5, 5.41) is 0. The number of rotatable bonds is 18. The molecule has 0 aliphatic rings. The van der Waals surface area contributed by atoms with Crippen LogP contribution < -0.4 is 0 Å². The van der Waals surface area contributed by atoms with Gasteiger partial charge in [-0.25, -0.2) is 4.79 Å². The average molecular weight is 538 g/mol. The van der Waals surface area contributed by atoms with Gasteiger partial charge >= 0.3 is 23.1 Å². The topological polar surface area (TPSA) is 66.5 Å². The molecule has 0 spiro atoms. The molecule has 7 nitrogen and oxygen atoms in total. The molecule has 0 heterocycles. The predicted molar refractivity (Wildman–Crippen MR) is 147 cm³/mol. The molecule has 0 saturated carbocycles. The van der Waals surface area contributed by atoms with Gasteiger partial charge in [0.2, 0.25) is 0 Å². The largest absolute Gasteiger partial charge is 0.460 e. The highest BCUT2D eigenvalue weighted by Crippen LogP contribution is 2.27. The first kappa shape index (κ1) is 32.9. The SMILES string of the molecule is C=C(C)C(=O)OCCOCCC[Si](C)(C)O[Si](C)(C)O[Si](C)(C)O[Si](C)(C)CCCN(C)C. The van der Waals surface area contributed by atoms with Crippen LogP contribution in [0.15, 0.2) is 12.2 Å². The number of hydrogen-bond acceptors (Lipinski definition) is 7. The van der Waals surface area contributed by atoms with E-state index >= 15 is 0 Å². The first-order valence-corrected chi connectivity index (χ1v) is 23.9. The Labute approximate surface area is 207 Å². The highest BCUT2D eigenvalue weighted by molar-refractivity contribution is 6.89. The van der Waals surface area contributed by atoms with Gasteiger partial charge in [-0.15, -0.1) is 0 Å². The average Bonchev–Trinajstić information content (AvgIpc) is 2.56. The number of carbonyl (C=O) groups excluding carboxylic acids is 1. The Kier molecular flexibility index (Phi) is 14.4. The normalized spacial score (nSPS) is 13.5. The minimum absolute atomic E-state index is 0.255. The Hall–Kier alpha value is -0.122. The molecular formula is C22H51NO6Si4. The van der Waals surface area contributed by atoms with E-state index in [-0.39, 0.29) is 12.6 Å². The smallest absolute Gasteiger partial charge is 0.333 e. The van der Waals surface area contributed by atoms with Crippen molar-refractivity contribution in [1.29, 1.82) is 0 Å². The molecule has 196 valence electrons. The van der Waals surface area contributed by atoms with Crippen LogP contribution in [0.25, 0.3) is 0 Å². The molecular weight excluding hydrogens is 487 g/mol. The summed E-state index contributed by atoms with van der Waals surface area (Å²) in [4.78, 5) is 13.6. The van der Waals surface area contributed by atoms with E-state index in [0.717, 1.165) is 31.5 Å². The van der Waals surface area contributed by atoms with Gasteiger partial charge in [0, 0.05) is 12.2 Å². The lowest BCUT2D eigenvalue weighted by Crippen LogP contribution is -2.56. The zero-order valence-electron chi connectivity index (χ0n) is 23.3. The van der Waals surface area contributed by atoms with E-state index in [0.29, 0.717) is 18.8 Å². The van der Waals surface area contributed by atoms with Crippen LogP contribution in [0.2, 0.25) is 64.5 Å². The van der Waals surface area contributed by atoms with E-state index in [1.807, 2.05) is 0 Å². The number of hydrogen-bond donors (Lipinski definition) is 0. The van der Waals surface area contributed by atoms with Gasteiger partial charge in [-0.2, -0.15) is 0 Å². The van der Waals surface area contributed by atoms with Gasteiger partial charge in [0.1, 0.15) is 6.61 Å². The third-order valence-electron chi connectivity index (χ3n) is 4.80. The summed E-state index contributed by atoms with van der Waals surface area (Å²) in [7, 11) is -4.06. The van der Waals surface area contributed by atoms with E-state index < -0.39 is 33.8 Å². The van der Waals surface area contributed by atoms with Gasteiger partial charge in [0.05, 0.1) is 6.61 Å². The fourth-order valence-corrected chi connectivity index (χ4v) is 23.2. The standard InChI is InChI=1S/C22H51NO6Si4/c1-21(2)22(24)26-18-17-25-16-14-20-31(7,8)28-33(11,12)29-32(9,10)27-30(5,6)19-13-15-23(3)4/h1,13-20H2,2-12H3. The van der Waals surface area contributed by atoms with Crippen molar-refractivity contribution >= 4 is 39.7 Å². The van der Waals surface area contributed by atoms with Crippen molar-refractivity contribution in [2.75, 3.05) is 40.5 Å². The second-order valence-corrected chi connectivity index (χ2v) is 27.3. The van der Waals surface area contributed by atoms with E-state index in [2.05, 4.69) is 78.0 Å². The second kappa shape index (κ2) is 14.4. The van der Waals surface area contributed by atoms with Crippen molar-refractivity contribution in [2.24, 2.45) is 0 Å². The monoisotopic (exact) mass is 537 g/mol. The van der Waals surface area contributed by atoms with E-state index in [9.17, 15) is 4.79 Å². The maximum absolute atomic E-state index is 11.3. The van der Waals surface area contributed by atoms with E-state index in [1.54, 1.807) is 6.92 Å². The second-order valence-electron chi connectivity index (χ2n) is 11.2. The molecule has 0 unspecified atom stereocenters. The maximum Gasteiger partial charge on any atom is 0.333 e. The van der Waals surface area contributed by atoms with E-state index in [4.69, 9.17) is 21.8 Å². The summed E-state index contributed by atoms with van der Waals surface area (Å²) >= 11 is 0. The first-order chi connectivity index (χ1) is 14.9. The summed E-state index contributed by atoms with van der Waals surface area (Å²) in [5.74, 6) is -0.372. The van der Waals surface area contributed by atoms with Crippen LogP contribution in [0.1, 0.15) is 19.8 Å². The summed E-state index contributed by atoms with van der Waals surface area (Å²) in [6.45, 7) is 25.3. The fraction of sp³-hybridized carbons (Fsp3) is 0.864. The lowest BCUT2D eigenvalue weighted by Gasteiger charge is -2.41. The van der Waals surface area contributed by atoms with Gasteiger partial charge in [-0.05, 0) is 105 Å². The molecule has 0 bridgehead atoms. The molecule has 0 saturated heterocycles. The van der Waals surface area contributed by atoms with Crippen molar-refractivity contribution < 1.29 is 26.6 Å². The quantitative estimate of drug-likeness (QED) is 0.101. The Bertz CT molecular complexity index is 612. The van der Waals surface area contributed by atoms with E-state index in [1.165, 1.54) is 0 Å². The lowest BCUT2D eigenvalue weighted by atomic mass is 10.4. The Morgan fingerprint density at radius 1 is 0.758 bits per heavy atom. The van der Waals surface area contributed by atoms with Crippen molar-refractivity contribution in [3.63, 3.8) is 0 Å². The Balaban J connectivity index is 4.45. The lowest BCUT2D eigenvalue weighted by molar-refractivity contribution is -0.140. The summed E-state index contributed by atoms with van der Waals surface area (Å²) in [6.07, 6.45) is 2.08. The van der Waals surface area contributed by atoms with Gasteiger partial charge in [-0.3, -0.25) is 0 Å². The number of esters is 1. The molecule has 0 aromatic carbocycles. The van der Waals surface area contributed by atoms with Gasteiger partial charge in [-0.1, -0.05) is 6.58 Å². The van der Waals surface area contributed by atoms with Crippen LogP contribution in [0, 0.1) is 0 Å². The third kappa shape index (κ3) is 17.9. The molecule has 0 N–H and O–H groups in total. The minimum Gasteiger partial charge on any atom is -0.460 e. The molecule has 0 fully saturated rings. The zero-order chi connectivity index (χ0) is 25.9. The molecule has 0 atom stereocenters. The number of ether oxygens (including phenoxy) is 2. The highest BCUT2D eigenvalue weighted by atomic mass is 28.5. The zero-order valence-corrected chi connectivity index (χ0v) is 27.3. The third-order valence-corrected chi connectivity index (χ3v) is 20.2. The Morgan fingerprint density at radius 3 is 1.70 bits per heavy atom. The summed E-state index contributed by atoms with van der Waals surface area (Å²) in [6, 6.07) is 2.13. The van der Waals surface area contributed by atoms with Gasteiger partial charge in [0.25, 0.3) is 0 Å². The minimum atomic E-state index is -2.32. The maximum atomic E-state index is 11.3. The first-order valence-electron chi connectivity index (χ1n) is 12.0. The molecule has 0 radical (unpaired) electrons. The fourth-order valence-electron chi connectivity index (χ4n) is 3.91. The van der Waals surface area contributed by atoms with Gasteiger partial charge < -0.3 is 26.7 Å². The number of nitrogens with zero attached hydrogens (tertiary/aromatic N) is 1. The highest BCUT2D eigenvalue weighted by Gasteiger charge is 2.43. The molecule has 0 aliphatic carbocycles. The molecule has 0 amide bonds. The van der Waals surface area contributed by atoms with Crippen molar-refractivity contribution in [2.45, 2.75) is 84.2 Å². The van der Waals surface area contributed by atoms with Crippen molar-refractivity contribution in [3.8, 4) is 0 Å². The van der Waals surface area contributed by atoms with Crippen LogP contribution in [0.5, 0.6) is 0 Å². The predicted octanol–water partition coefficient (Wildman–Crippen LogP) is 5.33. The summed E-state index contributed by atoms with van der Waals surface area (Å²) < 4.78 is 30.6. The van der Waals surface area contributed by atoms with Crippen LogP contribution in [-0.2, 0) is 26.6 Å². The van der Waals surface area contributed by atoms with Crippen LogP contribution in [0.3, 0.4) is 0 Å². The molecule has 0 aromatic heterocycles. The van der Waals surface area contributed by atoms with Crippen LogP contribution >= 0.6 is 0 Å². The van der Waals surface area contributed by atoms with Gasteiger partial charge in [0.15, 0.2) is 16.6 Å².